The fourth-order valence-electron chi connectivity index (χ4n) is 1.59. The smallest absolute Gasteiger partial charge is 0.167 e. The minimum atomic E-state index is -0.487. The average molecular weight is 340 g/mol. The molecule has 2 N–H and O–H groups in total. The van der Waals surface area contributed by atoms with Gasteiger partial charge in [-0.05, 0) is 30.7 Å². The zero-order valence-electron chi connectivity index (χ0n) is 11.0. The van der Waals surface area contributed by atoms with Gasteiger partial charge >= 0.3 is 0 Å². The van der Waals surface area contributed by atoms with E-state index in [1.165, 1.54) is 12.1 Å². The summed E-state index contributed by atoms with van der Waals surface area (Å²) in [6.45, 7) is 2.40. The van der Waals surface area contributed by atoms with Crippen molar-refractivity contribution in [1.29, 1.82) is 0 Å². The molecule has 0 spiro atoms. The standard InChI is InChI=1S/C15H15BrFNO2/c1-2-7-19-14-9-15(13(18)8-12(14)17)20-11-5-3-10(16)4-6-11/h3-6,8-9H,2,7,18H2,1H3. The second-order valence-corrected chi connectivity index (χ2v) is 5.14. The first kappa shape index (κ1) is 14.7. The van der Waals surface area contributed by atoms with Crippen LogP contribution in [-0.4, -0.2) is 6.61 Å². The highest BCUT2D eigenvalue weighted by Crippen LogP contribution is 2.33. The molecular formula is C15H15BrFNO2. The number of benzene rings is 2. The van der Waals surface area contributed by atoms with Crippen LogP contribution in [0.15, 0.2) is 40.9 Å². The highest BCUT2D eigenvalue weighted by Gasteiger charge is 2.11. The van der Waals surface area contributed by atoms with Gasteiger partial charge < -0.3 is 15.2 Å². The van der Waals surface area contributed by atoms with Crippen LogP contribution in [0, 0.1) is 5.82 Å². The topological polar surface area (TPSA) is 44.5 Å². The molecule has 0 saturated carbocycles. The van der Waals surface area contributed by atoms with Crippen LogP contribution < -0.4 is 15.2 Å². The summed E-state index contributed by atoms with van der Waals surface area (Å²) in [5, 5.41) is 0. The normalized spacial score (nSPS) is 10.3. The van der Waals surface area contributed by atoms with Crippen molar-refractivity contribution in [3.8, 4) is 17.2 Å². The van der Waals surface area contributed by atoms with E-state index in [2.05, 4.69) is 15.9 Å². The van der Waals surface area contributed by atoms with Gasteiger partial charge in [-0.3, -0.25) is 0 Å². The summed E-state index contributed by atoms with van der Waals surface area (Å²) >= 11 is 3.35. The molecule has 106 valence electrons. The Bertz CT molecular complexity index is 587. The second kappa shape index (κ2) is 6.61. The van der Waals surface area contributed by atoms with Crippen LogP contribution in [0.3, 0.4) is 0 Å². The SMILES string of the molecule is CCCOc1cc(Oc2ccc(Br)cc2)c(N)cc1F. The first-order chi connectivity index (χ1) is 9.60. The highest BCUT2D eigenvalue weighted by molar-refractivity contribution is 9.10. The second-order valence-electron chi connectivity index (χ2n) is 4.22. The van der Waals surface area contributed by atoms with Crippen molar-refractivity contribution in [1.82, 2.24) is 0 Å². The predicted molar refractivity (Wildman–Crippen MR) is 80.8 cm³/mol. The molecule has 0 saturated heterocycles. The third kappa shape index (κ3) is 3.63. The number of nitrogens with two attached hydrogens (primary N) is 1. The van der Waals surface area contributed by atoms with Crippen LogP contribution in [-0.2, 0) is 0 Å². The lowest BCUT2D eigenvalue weighted by Crippen LogP contribution is -2.00. The van der Waals surface area contributed by atoms with Crippen LogP contribution in [0.4, 0.5) is 10.1 Å². The minimum Gasteiger partial charge on any atom is -0.490 e. The molecule has 0 aromatic heterocycles. The van der Waals surface area contributed by atoms with Crippen LogP contribution >= 0.6 is 15.9 Å². The maximum Gasteiger partial charge on any atom is 0.167 e. The fraction of sp³-hybridized carbons (Fsp3) is 0.200. The van der Waals surface area contributed by atoms with Gasteiger partial charge in [-0.2, -0.15) is 0 Å². The van der Waals surface area contributed by atoms with Crippen molar-refractivity contribution in [2.45, 2.75) is 13.3 Å². The van der Waals surface area contributed by atoms with Gasteiger partial charge in [-0.25, -0.2) is 4.39 Å². The van der Waals surface area contributed by atoms with Gasteiger partial charge in [0.15, 0.2) is 17.3 Å². The Hall–Kier alpha value is -1.75. The third-order valence-electron chi connectivity index (χ3n) is 2.57. The zero-order chi connectivity index (χ0) is 14.5. The zero-order valence-corrected chi connectivity index (χ0v) is 12.6. The molecule has 2 aromatic rings. The Morgan fingerprint density at radius 1 is 1.15 bits per heavy atom. The number of halogens is 2. The summed E-state index contributed by atoms with van der Waals surface area (Å²) in [6, 6.07) is 9.97. The van der Waals surface area contributed by atoms with E-state index in [0.717, 1.165) is 10.9 Å². The molecule has 0 unspecified atom stereocenters. The Balaban J connectivity index is 2.24. The van der Waals surface area contributed by atoms with E-state index in [1.54, 1.807) is 12.1 Å². The summed E-state index contributed by atoms with van der Waals surface area (Å²) in [5.41, 5.74) is 6.00. The molecule has 0 radical (unpaired) electrons. The molecule has 0 atom stereocenters. The molecule has 0 aliphatic heterocycles. The lowest BCUT2D eigenvalue weighted by Gasteiger charge is -2.12. The molecule has 0 fully saturated rings. The van der Waals surface area contributed by atoms with Crippen molar-refractivity contribution >= 4 is 21.6 Å². The molecular weight excluding hydrogens is 325 g/mol. The van der Waals surface area contributed by atoms with Crippen LogP contribution in [0.5, 0.6) is 17.2 Å². The number of rotatable bonds is 5. The Kier molecular flexibility index (Phi) is 4.84. The van der Waals surface area contributed by atoms with Crippen molar-refractivity contribution in [3.63, 3.8) is 0 Å². The Labute approximate surface area is 125 Å². The van der Waals surface area contributed by atoms with Gasteiger partial charge in [0.1, 0.15) is 5.75 Å². The van der Waals surface area contributed by atoms with E-state index in [1.807, 2.05) is 19.1 Å². The maximum absolute atomic E-state index is 13.7. The molecule has 5 heteroatoms. The summed E-state index contributed by atoms with van der Waals surface area (Å²) in [7, 11) is 0. The van der Waals surface area contributed by atoms with E-state index in [0.29, 0.717) is 18.1 Å². The summed E-state index contributed by atoms with van der Waals surface area (Å²) in [6.07, 6.45) is 0.798. The first-order valence-corrected chi connectivity index (χ1v) is 7.04. The average Bonchev–Trinajstić information content (AvgIpc) is 2.43. The van der Waals surface area contributed by atoms with Crippen LogP contribution in [0.2, 0.25) is 0 Å². The molecule has 0 amide bonds. The van der Waals surface area contributed by atoms with Gasteiger partial charge in [-0.15, -0.1) is 0 Å². The monoisotopic (exact) mass is 339 g/mol. The molecule has 0 heterocycles. The number of hydrogen-bond donors (Lipinski definition) is 1. The van der Waals surface area contributed by atoms with E-state index in [9.17, 15) is 4.39 Å². The lowest BCUT2D eigenvalue weighted by atomic mass is 10.2. The lowest BCUT2D eigenvalue weighted by molar-refractivity contribution is 0.300. The van der Waals surface area contributed by atoms with Crippen LogP contribution in [0.1, 0.15) is 13.3 Å². The quantitative estimate of drug-likeness (QED) is 0.799. The van der Waals surface area contributed by atoms with Gasteiger partial charge in [0.05, 0.1) is 12.3 Å². The van der Waals surface area contributed by atoms with Gasteiger partial charge in [0.2, 0.25) is 0 Å². The molecule has 3 nitrogen and oxygen atoms in total. The van der Waals surface area contributed by atoms with Crippen molar-refractivity contribution in [3.05, 3.63) is 46.7 Å². The first-order valence-electron chi connectivity index (χ1n) is 6.25. The highest BCUT2D eigenvalue weighted by atomic mass is 79.9. The Morgan fingerprint density at radius 3 is 2.50 bits per heavy atom. The molecule has 20 heavy (non-hydrogen) atoms. The number of ether oxygens (including phenoxy) is 2. The van der Waals surface area contributed by atoms with Crippen molar-refractivity contribution in [2.24, 2.45) is 0 Å². The molecule has 0 aliphatic carbocycles. The number of nitrogen functional groups attached to an aromatic ring is 1. The predicted octanol–water partition coefficient (Wildman–Crippen LogP) is 4.75. The molecule has 0 aliphatic rings. The van der Waals surface area contributed by atoms with E-state index in [-0.39, 0.29) is 11.4 Å². The van der Waals surface area contributed by atoms with E-state index >= 15 is 0 Å². The summed E-state index contributed by atoms with van der Waals surface area (Å²) < 4.78 is 25.6. The summed E-state index contributed by atoms with van der Waals surface area (Å²) in [5.74, 6) is 0.653. The fourth-order valence-corrected chi connectivity index (χ4v) is 1.86. The summed E-state index contributed by atoms with van der Waals surface area (Å²) in [4.78, 5) is 0. The van der Waals surface area contributed by atoms with Crippen molar-refractivity contribution in [2.75, 3.05) is 12.3 Å². The van der Waals surface area contributed by atoms with Gasteiger partial charge in [0.25, 0.3) is 0 Å². The van der Waals surface area contributed by atoms with E-state index < -0.39 is 5.82 Å². The van der Waals surface area contributed by atoms with Gasteiger partial charge in [0, 0.05) is 16.6 Å². The van der Waals surface area contributed by atoms with Crippen LogP contribution in [0.25, 0.3) is 0 Å². The van der Waals surface area contributed by atoms with E-state index in [4.69, 9.17) is 15.2 Å². The number of hydrogen-bond acceptors (Lipinski definition) is 3. The van der Waals surface area contributed by atoms with Crippen molar-refractivity contribution < 1.29 is 13.9 Å². The van der Waals surface area contributed by atoms with Gasteiger partial charge in [-0.1, -0.05) is 22.9 Å². The minimum absolute atomic E-state index is 0.146. The molecule has 2 rings (SSSR count). The maximum atomic E-state index is 13.7. The third-order valence-corrected chi connectivity index (χ3v) is 3.10. The molecule has 2 aromatic carbocycles. The largest absolute Gasteiger partial charge is 0.490 e. The molecule has 0 bridgehead atoms. The Morgan fingerprint density at radius 2 is 1.85 bits per heavy atom. The number of anilines is 1.